The van der Waals surface area contributed by atoms with E-state index in [1.54, 1.807) is 0 Å². The maximum absolute atomic E-state index is 12.5. The SMILES string of the molecule is CC.CNCCNC(=O)C(c1ccccc1)c1ccccc1. The van der Waals surface area contributed by atoms with Crippen molar-refractivity contribution in [2.45, 2.75) is 19.8 Å². The average molecular weight is 298 g/mol. The Labute approximate surface area is 133 Å². The number of carbonyl (C=O) groups is 1. The minimum absolute atomic E-state index is 0.0395. The van der Waals surface area contributed by atoms with Crippen molar-refractivity contribution in [3.8, 4) is 0 Å². The standard InChI is InChI=1S/C17H20N2O.C2H6/c1-18-12-13-19-17(20)16(14-8-4-2-5-9-14)15-10-6-3-7-11-15;1-2/h2-11,16,18H,12-13H2,1H3,(H,19,20);1-2H3. The number of amides is 1. The third-order valence-corrected chi connectivity index (χ3v) is 3.20. The van der Waals surface area contributed by atoms with Crippen LogP contribution in [0.5, 0.6) is 0 Å². The van der Waals surface area contributed by atoms with Gasteiger partial charge in [-0.15, -0.1) is 0 Å². The highest BCUT2D eigenvalue weighted by Crippen LogP contribution is 2.24. The Hall–Kier alpha value is -2.13. The summed E-state index contributed by atoms with van der Waals surface area (Å²) in [7, 11) is 1.87. The van der Waals surface area contributed by atoms with E-state index < -0.39 is 0 Å². The van der Waals surface area contributed by atoms with E-state index in [-0.39, 0.29) is 11.8 Å². The molecule has 118 valence electrons. The summed E-state index contributed by atoms with van der Waals surface area (Å²) in [5.41, 5.74) is 2.03. The molecule has 3 heteroatoms. The first-order valence-electron chi connectivity index (χ1n) is 7.85. The summed E-state index contributed by atoms with van der Waals surface area (Å²) in [5.74, 6) is -0.216. The van der Waals surface area contributed by atoms with Gasteiger partial charge in [-0.3, -0.25) is 4.79 Å². The summed E-state index contributed by atoms with van der Waals surface area (Å²) in [6, 6.07) is 19.8. The van der Waals surface area contributed by atoms with E-state index in [1.165, 1.54) is 0 Å². The summed E-state index contributed by atoms with van der Waals surface area (Å²) in [4.78, 5) is 12.5. The summed E-state index contributed by atoms with van der Waals surface area (Å²) >= 11 is 0. The minimum Gasteiger partial charge on any atom is -0.354 e. The highest BCUT2D eigenvalue weighted by Gasteiger charge is 2.21. The van der Waals surface area contributed by atoms with E-state index in [0.29, 0.717) is 6.54 Å². The second kappa shape index (κ2) is 10.6. The van der Waals surface area contributed by atoms with Crippen molar-refractivity contribution in [2.24, 2.45) is 0 Å². The highest BCUT2D eigenvalue weighted by atomic mass is 16.1. The van der Waals surface area contributed by atoms with Gasteiger partial charge >= 0.3 is 0 Å². The normalized spacial score (nSPS) is 9.82. The van der Waals surface area contributed by atoms with Crippen LogP contribution in [0.1, 0.15) is 30.9 Å². The van der Waals surface area contributed by atoms with Gasteiger partial charge in [-0.25, -0.2) is 0 Å². The third-order valence-electron chi connectivity index (χ3n) is 3.20. The molecule has 2 rings (SSSR count). The zero-order valence-corrected chi connectivity index (χ0v) is 13.7. The Bertz CT molecular complexity index is 486. The van der Waals surface area contributed by atoms with E-state index in [0.717, 1.165) is 17.7 Å². The largest absolute Gasteiger partial charge is 0.354 e. The second-order valence-corrected chi connectivity index (χ2v) is 4.65. The number of carbonyl (C=O) groups excluding carboxylic acids is 1. The highest BCUT2D eigenvalue weighted by molar-refractivity contribution is 5.87. The van der Waals surface area contributed by atoms with Gasteiger partial charge in [-0.05, 0) is 18.2 Å². The van der Waals surface area contributed by atoms with Gasteiger partial charge in [-0.2, -0.15) is 0 Å². The molecule has 0 aliphatic heterocycles. The quantitative estimate of drug-likeness (QED) is 0.804. The van der Waals surface area contributed by atoms with Crippen molar-refractivity contribution in [3.05, 3.63) is 71.8 Å². The van der Waals surface area contributed by atoms with Crippen LogP contribution in [-0.4, -0.2) is 26.0 Å². The Morgan fingerprint density at radius 2 is 1.32 bits per heavy atom. The fourth-order valence-electron chi connectivity index (χ4n) is 2.20. The Kier molecular flexibility index (Phi) is 8.61. The number of hydrogen-bond donors (Lipinski definition) is 2. The molecule has 3 nitrogen and oxygen atoms in total. The van der Waals surface area contributed by atoms with Crippen molar-refractivity contribution >= 4 is 5.91 Å². The molecule has 0 spiro atoms. The average Bonchev–Trinajstić information content (AvgIpc) is 2.59. The van der Waals surface area contributed by atoms with Crippen LogP contribution in [-0.2, 0) is 4.79 Å². The molecule has 0 unspecified atom stereocenters. The van der Waals surface area contributed by atoms with Crippen molar-refractivity contribution in [3.63, 3.8) is 0 Å². The predicted molar refractivity (Wildman–Crippen MR) is 93.0 cm³/mol. The first kappa shape index (κ1) is 17.9. The lowest BCUT2D eigenvalue weighted by atomic mass is 9.90. The van der Waals surface area contributed by atoms with Gasteiger partial charge in [0, 0.05) is 13.1 Å². The predicted octanol–water partition coefficient (Wildman–Crippen LogP) is 3.18. The lowest BCUT2D eigenvalue weighted by Gasteiger charge is -2.17. The number of likely N-dealkylation sites (N-methyl/N-ethyl adjacent to an activating group) is 1. The van der Waals surface area contributed by atoms with E-state index in [2.05, 4.69) is 10.6 Å². The second-order valence-electron chi connectivity index (χ2n) is 4.65. The number of benzene rings is 2. The van der Waals surface area contributed by atoms with Gasteiger partial charge in [0.25, 0.3) is 0 Å². The van der Waals surface area contributed by atoms with Gasteiger partial charge in [0.05, 0.1) is 5.92 Å². The lowest BCUT2D eigenvalue weighted by molar-refractivity contribution is -0.121. The molecule has 0 aliphatic rings. The Balaban J connectivity index is 0.00000116. The van der Waals surface area contributed by atoms with E-state index in [9.17, 15) is 4.79 Å². The van der Waals surface area contributed by atoms with Crippen molar-refractivity contribution in [2.75, 3.05) is 20.1 Å². The molecular formula is C19H26N2O. The summed E-state index contributed by atoms with van der Waals surface area (Å²) in [6.07, 6.45) is 0. The topological polar surface area (TPSA) is 41.1 Å². The summed E-state index contributed by atoms with van der Waals surface area (Å²) < 4.78 is 0. The van der Waals surface area contributed by atoms with E-state index in [4.69, 9.17) is 0 Å². The van der Waals surface area contributed by atoms with Gasteiger partial charge < -0.3 is 10.6 Å². The zero-order chi connectivity index (χ0) is 16.2. The zero-order valence-electron chi connectivity index (χ0n) is 13.7. The molecule has 22 heavy (non-hydrogen) atoms. The molecule has 0 saturated carbocycles. The Morgan fingerprint density at radius 1 is 0.864 bits per heavy atom. The molecular weight excluding hydrogens is 272 g/mol. The maximum Gasteiger partial charge on any atom is 0.232 e. The third kappa shape index (κ3) is 5.34. The molecule has 1 amide bonds. The van der Waals surface area contributed by atoms with Crippen LogP contribution in [0.25, 0.3) is 0 Å². The molecule has 0 aromatic heterocycles. The molecule has 0 atom stereocenters. The van der Waals surface area contributed by atoms with Crippen molar-refractivity contribution < 1.29 is 4.79 Å². The van der Waals surface area contributed by atoms with Crippen LogP contribution in [0.4, 0.5) is 0 Å². The first-order valence-corrected chi connectivity index (χ1v) is 7.85. The summed E-state index contributed by atoms with van der Waals surface area (Å²) in [6.45, 7) is 5.40. The van der Waals surface area contributed by atoms with Crippen LogP contribution in [0.2, 0.25) is 0 Å². The fraction of sp³-hybridized carbons (Fsp3) is 0.316. The lowest BCUT2D eigenvalue weighted by Crippen LogP contribution is -2.34. The molecule has 0 aliphatic carbocycles. The number of rotatable bonds is 6. The van der Waals surface area contributed by atoms with Crippen LogP contribution in [0.3, 0.4) is 0 Å². The van der Waals surface area contributed by atoms with Crippen LogP contribution in [0.15, 0.2) is 60.7 Å². The molecule has 0 heterocycles. The van der Waals surface area contributed by atoms with Crippen molar-refractivity contribution in [1.29, 1.82) is 0 Å². The minimum atomic E-state index is -0.255. The maximum atomic E-state index is 12.5. The Morgan fingerprint density at radius 3 is 1.73 bits per heavy atom. The van der Waals surface area contributed by atoms with Gasteiger partial charge in [0.15, 0.2) is 0 Å². The molecule has 0 radical (unpaired) electrons. The van der Waals surface area contributed by atoms with Crippen LogP contribution < -0.4 is 10.6 Å². The van der Waals surface area contributed by atoms with E-state index >= 15 is 0 Å². The molecule has 0 saturated heterocycles. The van der Waals surface area contributed by atoms with Gasteiger partial charge in [0.2, 0.25) is 5.91 Å². The number of hydrogen-bond acceptors (Lipinski definition) is 2. The van der Waals surface area contributed by atoms with Crippen molar-refractivity contribution in [1.82, 2.24) is 10.6 Å². The number of nitrogens with one attached hydrogen (secondary N) is 2. The molecule has 0 bridgehead atoms. The van der Waals surface area contributed by atoms with Crippen LogP contribution >= 0.6 is 0 Å². The summed E-state index contributed by atoms with van der Waals surface area (Å²) in [5, 5.41) is 6.01. The van der Waals surface area contributed by atoms with Crippen LogP contribution in [0, 0.1) is 0 Å². The molecule has 0 fully saturated rings. The van der Waals surface area contributed by atoms with Gasteiger partial charge in [-0.1, -0.05) is 74.5 Å². The molecule has 2 N–H and O–H groups in total. The first-order chi connectivity index (χ1) is 10.8. The fourth-order valence-corrected chi connectivity index (χ4v) is 2.20. The molecule has 2 aromatic carbocycles. The van der Waals surface area contributed by atoms with Gasteiger partial charge in [0.1, 0.15) is 0 Å². The molecule has 2 aromatic rings. The smallest absolute Gasteiger partial charge is 0.232 e. The van der Waals surface area contributed by atoms with E-state index in [1.807, 2.05) is 81.6 Å². The monoisotopic (exact) mass is 298 g/mol.